The van der Waals surface area contributed by atoms with Crippen molar-refractivity contribution in [1.82, 2.24) is 4.90 Å². The molecule has 6 heteroatoms. The Morgan fingerprint density at radius 2 is 1.83 bits per heavy atom. The van der Waals surface area contributed by atoms with Crippen molar-refractivity contribution in [3.8, 4) is 0 Å². The van der Waals surface area contributed by atoms with Gasteiger partial charge in [0.25, 0.3) is 0 Å². The minimum Gasteiger partial charge on any atom is -0.468 e. The highest BCUT2D eigenvalue weighted by Crippen LogP contribution is 2.28. The molecule has 0 aromatic carbocycles. The Bertz CT molecular complexity index is 609. The van der Waals surface area contributed by atoms with E-state index in [1.54, 1.807) is 12.1 Å². The fourth-order valence-corrected chi connectivity index (χ4v) is 5.48. The van der Waals surface area contributed by atoms with Crippen LogP contribution in [0.15, 0.2) is 22.8 Å². The van der Waals surface area contributed by atoms with Gasteiger partial charge in [-0.1, -0.05) is 19.3 Å². The molecule has 5 nitrogen and oxygen atoms in total. The number of carbonyl (C=O) groups excluding carboxylic acids is 1. The largest absolute Gasteiger partial charge is 0.468 e. The lowest BCUT2D eigenvalue weighted by Crippen LogP contribution is -2.45. The van der Waals surface area contributed by atoms with Crippen LogP contribution in [0.25, 0.3) is 0 Å². The van der Waals surface area contributed by atoms with Gasteiger partial charge in [-0.05, 0) is 37.8 Å². The Morgan fingerprint density at radius 3 is 2.43 bits per heavy atom. The Hall–Kier alpha value is -1.30. The van der Waals surface area contributed by atoms with E-state index in [1.165, 1.54) is 12.7 Å². The first-order valence-electron chi connectivity index (χ1n) is 8.59. The highest BCUT2D eigenvalue weighted by molar-refractivity contribution is 7.91. The molecular formula is C17H25NO4S. The van der Waals surface area contributed by atoms with Crippen molar-refractivity contribution in [1.29, 1.82) is 0 Å². The SMILES string of the molecule is O=C(C1CCCCC1)N1CCC(S(=O)(=O)Cc2ccco2)CC1. The van der Waals surface area contributed by atoms with Crippen LogP contribution < -0.4 is 0 Å². The van der Waals surface area contributed by atoms with Crippen LogP contribution in [0.4, 0.5) is 0 Å². The van der Waals surface area contributed by atoms with Crippen LogP contribution in [-0.2, 0) is 20.4 Å². The number of piperidine rings is 1. The third kappa shape index (κ3) is 3.97. The Balaban J connectivity index is 1.54. The van der Waals surface area contributed by atoms with Gasteiger partial charge in [-0.2, -0.15) is 0 Å². The predicted octanol–water partition coefficient (Wildman–Crippen LogP) is 2.77. The van der Waals surface area contributed by atoms with E-state index in [9.17, 15) is 13.2 Å². The second kappa shape index (κ2) is 7.07. The zero-order valence-corrected chi connectivity index (χ0v) is 14.3. The summed E-state index contributed by atoms with van der Waals surface area (Å²) in [7, 11) is -3.21. The summed E-state index contributed by atoms with van der Waals surface area (Å²) < 4.78 is 30.1. The Morgan fingerprint density at radius 1 is 1.13 bits per heavy atom. The van der Waals surface area contributed by atoms with Gasteiger partial charge in [-0.15, -0.1) is 0 Å². The van der Waals surface area contributed by atoms with E-state index in [0.29, 0.717) is 31.7 Å². The number of nitrogens with zero attached hydrogens (tertiary/aromatic N) is 1. The molecule has 1 aliphatic heterocycles. The number of rotatable bonds is 4. The Kier molecular flexibility index (Phi) is 5.09. The van der Waals surface area contributed by atoms with Crippen LogP contribution in [0.2, 0.25) is 0 Å². The van der Waals surface area contributed by atoms with Gasteiger partial charge in [0.1, 0.15) is 11.5 Å². The minimum atomic E-state index is -3.21. The van der Waals surface area contributed by atoms with Crippen LogP contribution in [-0.4, -0.2) is 37.6 Å². The van der Waals surface area contributed by atoms with E-state index in [1.807, 2.05) is 4.90 Å². The van der Waals surface area contributed by atoms with Crippen LogP contribution in [0.5, 0.6) is 0 Å². The van der Waals surface area contributed by atoms with E-state index in [-0.39, 0.29) is 22.8 Å². The number of furan rings is 1. The van der Waals surface area contributed by atoms with Crippen LogP contribution >= 0.6 is 0 Å². The lowest BCUT2D eigenvalue weighted by molar-refractivity contribution is -0.137. The van der Waals surface area contributed by atoms with Crippen LogP contribution in [0.3, 0.4) is 0 Å². The van der Waals surface area contributed by atoms with Crippen molar-refractivity contribution < 1.29 is 17.6 Å². The zero-order valence-electron chi connectivity index (χ0n) is 13.4. The number of hydrogen-bond acceptors (Lipinski definition) is 4. The fraction of sp³-hybridized carbons (Fsp3) is 0.706. The lowest BCUT2D eigenvalue weighted by Gasteiger charge is -2.34. The Labute approximate surface area is 138 Å². The predicted molar refractivity (Wildman–Crippen MR) is 87.5 cm³/mol. The normalized spacial score (nSPS) is 21.5. The van der Waals surface area contributed by atoms with E-state index in [0.717, 1.165) is 25.7 Å². The van der Waals surface area contributed by atoms with Crippen molar-refractivity contribution >= 4 is 15.7 Å². The molecule has 0 bridgehead atoms. The molecule has 2 heterocycles. The molecular weight excluding hydrogens is 314 g/mol. The molecule has 23 heavy (non-hydrogen) atoms. The second-order valence-electron chi connectivity index (χ2n) is 6.75. The number of hydrogen-bond donors (Lipinski definition) is 0. The van der Waals surface area contributed by atoms with E-state index in [2.05, 4.69) is 0 Å². The third-order valence-electron chi connectivity index (χ3n) is 5.14. The molecule has 0 unspecified atom stereocenters. The van der Waals surface area contributed by atoms with Crippen molar-refractivity contribution in [2.75, 3.05) is 13.1 Å². The van der Waals surface area contributed by atoms with Gasteiger partial charge in [-0.25, -0.2) is 8.42 Å². The topological polar surface area (TPSA) is 67.6 Å². The summed E-state index contributed by atoms with van der Waals surface area (Å²) in [6.45, 7) is 1.13. The molecule has 0 atom stereocenters. The molecule has 2 fully saturated rings. The molecule has 0 radical (unpaired) electrons. The number of amides is 1. The highest BCUT2D eigenvalue weighted by Gasteiger charge is 2.34. The van der Waals surface area contributed by atoms with Crippen molar-refractivity contribution in [2.24, 2.45) is 5.92 Å². The smallest absolute Gasteiger partial charge is 0.225 e. The summed E-state index contributed by atoms with van der Waals surface area (Å²) in [4.78, 5) is 14.4. The maximum Gasteiger partial charge on any atom is 0.225 e. The third-order valence-corrected chi connectivity index (χ3v) is 7.31. The van der Waals surface area contributed by atoms with Gasteiger partial charge in [0, 0.05) is 19.0 Å². The molecule has 1 saturated carbocycles. The average Bonchev–Trinajstić information content (AvgIpc) is 3.07. The monoisotopic (exact) mass is 339 g/mol. The second-order valence-corrected chi connectivity index (χ2v) is 9.03. The fourth-order valence-electron chi connectivity index (χ4n) is 3.75. The summed E-state index contributed by atoms with van der Waals surface area (Å²) >= 11 is 0. The number of sulfone groups is 1. The standard InChI is InChI=1S/C17H25NO4S/c19-17(14-5-2-1-3-6-14)18-10-8-16(9-11-18)23(20,21)13-15-7-4-12-22-15/h4,7,12,14,16H,1-3,5-6,8-11,13H2. The summed E-state index contributed by atoms with van der Waals surface area (Å²) in [6.07, 6.45) is 8.09. The van der Waals surface area contributed by atoms with Crippen molar-refractivity contribution in [2.45, 2.75) is 55.9 Å². The molecule has 2 aliphatic rings. The molecule has 1 aromatic heterocycles. The molecule has 3 rings (SSSR count). The van der Waals surface area contributed by atoms with Gasteiger partial charge in [0.15, 0.2) is 9.84 Å². The number of likely N-dealkylation sites (tertiary alicyclic amines) is 1. The van der Waals surface area contributed by atoms with Crippen LogP contribution in [0.1, 0.15) is 50.7 Å². The molecule has 0 spiro atoms. The highest BCUT2D eigenvalue weighted by atomic mass is 32.2. The molecule has 1 aliphatic carbocycles. The van der Waals surface area contributed by atoms with Gasteiger partial charge < -0.3 is 9.32 Å². The maximum atomic E-state index is 12.5. The first-order valence-corrected chi connectivity index (χ1v) is 10.3. The van der Waals surface area contributed by atoms with Gasteiger partial charge in [0.05, 0.1) is 11.5 Å². The number of carbonyl (C=O) groups is 1. The van der Waals surface area contributed by atoms with Crippen molar-refractivity contribution in [3.05, 3.63) is 24.2 Å². The first-order chi connectivity index (χ1) is 11.1. The summed E-state index contributed by atoms with van der Waals surface area (Å²) in [5.74, 6) is 0.860. The van der Waals surface area contributed by atoms with Gasteiger partial charge in [0.2, 0.25) is 5.91 Å². The van der Waals surface area contributed by atoms with E-state index < -0.39 is 9.84 Å². The molecule has 128 valence electrons. The summed E-state index contributed by atoms with van der Waals surface area (Å²) in [5.41, 5.74) is 0. The van der Waals surface area contributed by atoms with Crippen molar-refractivity contribution in [3.63, 3.8) is 0 Å². The lowest BCUT2D eigenvalue weighted by atomic mass is 9.88. The van der Waals surface area contributed by atoms with Gasteiger partial charge in [-0.3, -0.25) is 4.79 Å². The summed E-state index contributed by atoms with van der Waals surface area (Å²) in [5, 5.41) is -0.358. The van der Waals surface area contributed by atoms with Gasteiger partial charge >= 0.3 is 0 Å². The maximum absolute atomic E-state index is 12.5. The van der Waals surface area contributed by atoms with E-state index in [4.69, 9.17) is 4.42 Å². The molecule has 0 N–H and O–H groups in total. The van der Waals surface area contributed by atoms with E-state index >= 15 is 0 Å². The average molecular weight is 339 g/mol. The molecule has 1 aromatic rings. The molecule has 1 saturated heterocycles. The van der Waals surface area contributed by atoms with Crippen LogP contribution in [0, 0.1) is 5.92 Å². The quantitative estimate of drug-likeness (QED) is 0.846. The summed E-state index contributed by atoms with van der Waals surface area (Å²) in [6, 6.07) is 3.40. The first kappa shape index (κ1) is 16.6. The molecule has 1 amide bonds. The zero-order chi connectivity index (χ0) is 16.3. The minimum absolute atomic E-state index is 0.0404.